The summed E-state index contributed by atoms with van der Waals surface area (Å²) in [6.07, 6.45) is 4.29. The van der Waals surface area contributed by atoms with Gasteiger partial charge in [0, 0.05) is 45.2 Å². The normalized spacial score (nSPS) is 35.3. The highest BCUT2D eigenvalue weighted by Gasteiger charge is 2.53. The Balaban J connectivity index is 1.34. The van der Waals surface area contributed by atoms with E-state index in [0.717, 1.165) is 19.4 Å². The highest BCUT2D eigenvalue weighted by molar-refractivity contribution is 7.90. The van der Waals surface area contributed by atoms with E-state index < -0.39 is 33.4 Å². The molecule has 0 spiro atoms. The van der Waals surface area contributed by atoms with Gasteiger partial charge in [0.1, 0.15) is 6.67 Å². The van der Waals surface area contributed by atoms with E-state index in [0.29, 0.717) is 51.2 Å². The summed E-state index contributed by atoms with van der Waals surface area (Å²) in [6.45, 7) is 1.75. The summed E-state index contributed by atoms with van der Waals surface area (Å²) in [5, 5.41) is 1.23. The molecule has 5 rings (SSSR count). The van der Waals surface area contributed by atoms with Crippen molar-refractivity contribution >= 4 is 22.0 Å². The number of carbonyl (C=O) groups is 2. The smallest absolute Gasteiger partial charge is 0.320 e. The molecule has 4 unspecified atom stereocenters. The van der Waals surface area contributed by atoms with Crippen molar-refractivity contribution in [3.63, 3.8) is 0 Å². The average Bonchev–Trinajstić information content (AvgIpc) is 3.69. The number of carbonyl (C=O) groups excluding carboxylic acids is 2. The van der Waals surface area contributed by atoms with Crippen molar-refractivity contribution in [2.24, 2.45) is 17.8 Å². The summed E-state index contributed by atoms with van der Waals surface area (Å²) in [4.78, 5) is 30.1. The largest absolute Gasteiger partial charge is 0.326 e. The molecule has 180 valence electrons. The molecule has 0 aromatic heterocycles. The van der Waals surface area contributed by atoms with Gasteiger partial charge in [-0.15, -0.1) is 0 Å². The van der Waals surface area contributed by atoms with Crippen LogP contribution in [-0.4, -0.2) is 91.9 Å². The predicted molar refractivity (Wildman–Crippen MR) is 116 cm³/mol. The second kappa shape index (κ2) is 8.18. The maximum atomic E-state index is 13.5. The third kappa shape index (κ3) is 4.28. The molecule has 4 atom stereocenters. The quantitative estimate of drug-likeness (QED) is 0.540. The van der Waals surface area contributed by atoms with Gasteiger partial charge < -0.3 is 4.90 Å². The van der Waals surface area contributed by atoms with Gasteiger partial charge in [0.15, 0.2) is 0 Å². The fraction of sp³-hybridized carbons (Fsp3) is 0.905. The van der Waals surface area contributed by atoms with E-state index in [1.807, 2.05) is 17.0 Å². The number of fused-ring (bicyclic) bond motifs is 1. The lowest BCUT2D eigenvalue weighted by atomic mass is 9.80. The van der Waals surface area contributed by atoms with E-state index in [-0.39, 0.29) is 30.3 Å². The van der Waals surface area contributed by atoms with Gasteiger partial charge in [0.25, 0.3) is 0 Å². The monoisotopic (exact) mass is 471 g/mol. The highest BCUT2D eigenvalue weighted by Crippen LogP contribution is 2.42. The van der Waals surface area contributed by atoms with Crippen LogP contribution in [0.3, 0.4) is 0 Å². The molecule has 2 N–H and O–H groups in total. The molecule has 32 heavy (non-hydrogen) atoms. The molecule has 3 aliphatic carbocycles. The van der Waals surface area contributed by atoms with Gasteiger partial charge in [0.05, 0.1) is 16.7 Å². The van der Waals surface area contributed by atoms with Crippen LogP contribution in [0.5, 0.6) is 0 Å². The Hall–Kier alpha value is -1.30. The van der Waals surface area contributed by atoms with Crippen LogP contribution in [0, 0.1) is 17.8 Å². The van der Waals surface area contributed by atoms with Crippen LogP contribution in [0.1, 0.15) is 44.9 Å². The number of nitrogens with one attached hydrogen (secondary N) is 2. The Kier molecular flexibility index (Phi) is 5.75. The number of sulfonamides is 1. The number of hydrogen-bond acceptors (Lipinski definition) is 6. The van der Waals surface area contributed by atoms with Crippen molar-refractivity contribution in [2.75, 3.05) is 39.9 Å². The molecule has 11 heteroatoms. The molecular weight excluding hydrogens is 437 g/mol. The Bertz CT molecular complexity index is 877. The molecule has 0 aromatic rings. The summed E-state index contributed by atoms with van der Waals surface area (Å²) >= 11 is 0. The van der Waals surface area contributed by atoms with Crippen molar-refractivity contribution in [3.8, 4) is 0 Å². The fourth-order valence-electron chi connectivity index (χ4n) is 5.57. The molecule has 2 heterocycles. The van der Waals surface area contributed by atoms with Gasteiger partial charge in [-0.2, -0.15) is 0 Å². The third-order valence-electron chi connectivity index (χ3n) is 7.91. The number of imide groups is 1. The molecule has 0 radical (unpaired) electrons. The number of amides is 3. The SMILES string of the molecule is CN1CC(CN2C(=O)C3CC(S(=O)(=O)NC4(CF)CC4)CCC3N(CC3CC3)C2=O)CN1. The second-order valence-corrected chi connectivity index (χ2v) is 12.6. The van der Waals surface area contributed by atoms with Gasteiger partial charge >= 0.3 is 6.03 Å². The lowest BCUT2D eigenvalue weighted by Gasteiger charge is -2.48. The first-order valence-corrected chi connectivity index (χ1v) is 13.4. The minimum Gasteiger partial charge on any atom is -0.320 e. The average molecular weight is 472 g/mol. The van der Waals surface area contributed by atoms with E-state index >= 15 is 0 Å². The molecule has 0 bridgehead atoms. The zero-order valence-corrected chi connectivity index (χ0v) is 19.4. The molecular formula is C21H34FN5O4S. The van der Waals surface area contributed by atoms with Gasteiger partial charge in [-0.05, 0) is 50.9 Å². The Morgan fingerprint density at radius 3 is 2.47 bits per heavy atom. The summed E-state index contributed by atoms with van der Waals surface area (Å²) in [5.74, 6) is -0.129. The summed E-state index contributed by atoms with van der Waals surface area (Å²) in [7, 11) is -1.80. The fourth-order valence-corrected chi connectivity index (χ4v) is 7.50. The van der Waals surface area contributed by atoms with E-state index in [1.54, 1.807) is 0 Å². The van der Waals surface area contributed by atoms with E-state index in [2.05, 4.69) is 10.1 Å². The molecule has 2 aliphatic heterocycles. The Morgan fingerprint density at radius 2 is 1.88 bits per heavy atom. The molecule has 3 saturated carbocycles. The predicted octanol–water partition coefficient (Wildman–Crippen LogP) is 0.686. The zero-order valence-electron chi connectivity index (χ0n) is 18.6. The van der Waals surface area contributed by atoms with Crippen molar-refractivity contribution < 1.29 is 22.4 Å². The van der Waals surface area contributed by atoms with Crippen molar-refractivity contribution in [1.29, 1.82) is 0 Å². The van der Waals surface area contributed by atoms with E-state index in [4.69, 9.17) is 0 Å². The van der Waals surface area contributed by atoms with Crippen LogP contribution < -0.4 is 10.1 Å². The molecule has 9 nitrogen and oxygen atoms in total. The van der Waals surface area contributed by atoms with Crippen molar-refractivity contribution in [2.45, 2.75) is 61.8 Å². The second-order valence-electron chi connectivity index (χ2n) is 10.6. The lowest BCUT2D eigenvalue weighted by Crippen LogP contribution is -2.65. The van der Waals surface area contributed by atoms with Gasteiger partial charge in [-0.25, -0.2) is 27.3 Å². The Labute approximate surface area is 189 Å². The van der Waals surface area contributed by atoms with Gasteiger partial charge in [-0.1, -0.05) is 0 Å². The number of urea groups is 1. The van der Waals surface area contributed by atoms with Crippen LogP contribution in [0.25, 0.3) is 0 Å². The first kappa shape index (κ1) is 22.5. The zero-order chi connectivity index (χ0) is 22.7. The lowest BCUT2D eigenvalue weighted by molar-refractivity contribution is -0.141. The molecule has 5 aliphatic rings. The first-order chi connectivity index (χ1) is 15.2. The van der Waals surface area contributed by atoms with E-state index in [9.17, 15) is 22.4 Å². The number of nitrogens with zero attached hydrogens (tertiary/aromatic N) is 3. The minimum atomic E-state index is -3.73. The van der Waals surface area contributed by atoms with Crippen LogP contribution in [0.2, 0.25) is 0 Å². The van der Waals surface area contributed by atoms with Crippen molar-refractivity contribution in [1.82, 2.24) is 25.0 Å². The van der Waals surface area contributed by atoms with Crippen molar-refractivity contribution in [3.05, 3.63) is 0 Å². The third-order valence-corrected chi connectivity index (χ3v) is 9.93. The first-order valence-electron chi connectivity index (χ1n) is 11.9. The maximum Gasteiger partial charge on any atom is 0.326 e. The summed E-state index contributed by atoms with van der Waals surface area (Å²) in [6, 6.07) is -0.453. The number of hydrogen-bond donors (Lipinski definition) is 2. The van der Waals surface area contributed by atoms with Crippen LogP contribution in [-0.2, 0) is 14.8 Å². The molecule has 3 amide bonds. The molecule has 0 aromatic carbocycles. The Morgan fingerprint density at radius 1 is 1.12 bits per heavy atom. The van der Waals surface area contributed by atoms with Crippen LogP contribution >= 0.6 is 0 Å². The number of rotatable bonds is 8. The number of alkyl halides is 1. The highest BCUT2D eigenvalue weighted by atomic mass is 32.2. The standard InChI is InChI=1S/C21H34FN5O4S/c1-25-10-15(9-23-25)12-27-19(28)17-8-16(32(30,31)24-21(13-22)6-7-21)4-5-18(17)26(20(27)29)11-14-2-3-14/h14-18,23-24H,2-13H2,1H3. The number of hydrazine groups is 1. The minimum absolute atomic E-state index is 0.149. The molecule has 2 saturated heterocycles. The number of halogens is 1. The van der Waals surface area contributed by atoms with Gasteiger partial charge in [0.2, 0.25) is 15.9 Å². The van der Waals surface area contributed by atoms with E-state index in [1.165, 1.54) is 4.90 Å². The molecule has 5 fully saturated rings. The summed E-state index contributed by atoms with van der Waals surface area (Å²) < 4.78 is 41.9. The maximum absolute atomic E-state index is 13.5. The van der Waals surface area contributed by atoms with Crippen LogP contribution in [0.15, 0.2) is 0 Å². The topological polar surface area (TPSA) is 102 Å². The summed E-state index contributed by atoms with van der Waals surface area (Å²) in [5.41, 5.74) is 2.27. The van der Waals surface area contributed by atoms with Crippen LogP contribution in [0.4, 0.5) is 9.18 Å². The van der Waals surface area contributed by atoms with Gasteiger partial charge in [-0.3, -0.25) is 15.1 Å².